The molecule has 65 heavy (non-hydrogen) atoms. The van der Waals surface area contributed by atoms with E-state index in [0.29, 0.717) is 87.3 Å². The second kappa shape index (κ2) is 16.5. The number of carbonyl (C=O) groups is 4. The largest absolute Gasteiger partial charge is 0.496 e. The van der Waals surface area contributed by atoms with Gasteiger partial charge in [-0.15, -0.1) is 0 Å². The predicted molar refractivity (Wildman–Crippen MR) is 235 cm³/mol. The van der Waals surface area contributed by atoms with Gasteiger partial charge in [-0.1, -0.05) is 44.2 Å². The molecular formula is C46H58N4O14S. The fourth-order valence-corrected chi connectivity index (χ4v) is 13.3. The first-order valence-corrected chi connectivity index (χ1v) is 23.1. The third kappa shape index (κ3) is 6.90. The quantitative estimate of drug-likeness (QED) is 0.0717. The highest BCUT2D eigenvalue weighted by Gasteiger charge is 2.81. The maximum Gasteiger partial charge on any atom is 0.394 e. The monoisotopic (exact) mass is 925 g/mol. The summed E-state index contributed by atoms with van der Waals surface area (Å²) in [6.45, 7) is 3.17. The Bertz CT molecular complexity index is 2670. The number of H-pyrrole nitrogens is 1. The average Bonchev–Trinajstić information content (AvgIpc) is 3.97. The van der Waals surface area contributed by atoms with E-state index < -0.39 is 80.8 Å². The van der Waals surface area contributed by atoms with Gasteiger partial charge in [-0.05, 0) is 74.2 Å². The number of aliphatic hydroxyl groups is 2. The number of aromatic nitrogens is 1. The molecule has 10 atom stereocenters. The molecule has 18 nitrogen and oxygen atoms in total. The summed E-state index contributed by atoms with van der Waals surface area (Å²) in [6.07, 6.45) is 4.56. The first kappa shape index (κ1) is 42.7. The first-order valence-electron chi connectivity index (χ1n) is 23.2. The molecule has 2 unspecified atom stereocenters. The molecule has 352 valence electrons. The lowest BCUT2D eigenvalue weighted by Crippen LogP contribution is -2.81. The number of amides is 1. The van der Waals surface area contributed by atoms with Crippen molar-refractivity contribution in [3.8, 4) is 5.75 Å². The van der Waals surface area contributed by atoms with E-state index in [1.165, 1.54) is 19.1 Å². The van der Waals surface area contributed by atoms with Gasteiger partial charge in [0.05, 0.1) is 38.7 Å². The lowest BCUT2D eigenvalue weighted by molar-refractivity contribution is -0.228. The summed E-state index contributed by atoms with van der Waals surface area (Å²) in [4.78, 5) is 66.5. The fraction of sp³-hybridized carbons (Fsp3) is 0.565. The molecule has 6 heterocycles. The van der Waals surface area contributed by atoms with Gasteiger partial charge in [-0.3, -0.25) is 33.3 Å². The van der Waals surface area contributed by atoms with Gasteiger partial charge in [0.25, 0.3) is 0 Å². The zero-order chi connectivity index (χ0) is 49.6. The van der Waals surface area contributed by atoms with Crippen LogP contribution in [-0.4, -0.2) is 150 Å². The molecule has 1 amide bonds. The van der Waals surface area contributed by atoms with E-state index in [-0.39, 0.29) is 24.5 Å². The predicted octanol–water partition coefficient (Wildman–Crippen LogP) is 2.86. The number of aromatic amines is 1. The van der Waals surface area contributed by atoms with Crippen molar-refractivity contribution in [1.29, 1.82) is 0 Å². The van der Waals surface area contributed by atoms with E-state index in [2.05, 4.69) is 14.8 Å². The number of fused-ring (bicyclic) bond motifs is 6. The number of hydrogen-bond acceptors (Lipinski definition) is 14. The molecule has 3 fully saturated rings. The molecule has 6 aliphatic rings. The summed E-state index contributed by atoms with van der Waals surface area (Å²) < 4.78 is 78.8. The molecule has 3 aromatic rings. The standard InChI is InChI=1S/C46H56N4O10.H2O4S/c1-7-42(55)22-28-23-45(40(53)58-5,36-30(14-18-48(24-28)25-42)29-12-9-10-13-33(29)47-36)32-20-31-34(21-35(32)57-4)50(26-51)38-44(31)16-19-49-17-11-15-43(8-2,37(44)49)39(60-27(3)52)46(38,56)41(54)59-6;1-5(2,3)4/h9-13,15,20-21,26,28,37-39,47,55-56H,7-8,14,16-19,22-25H2,1-6H3;(H2,1,2,3,4)/t28-,37+,38-,39-,42+,43+,44+,45+,46?;/m1./s1/i3D3;. The Labute approximate surface area is 381 Å². The van der Waals surface area contributed by atoms with Crippen LogP contribution in [0.1, 0.15) is 79.3 Å². The summed E-state index contributed by atoms with van der Waals surface area (Å²) in [5, 5.41) is 26.3. The topological polar surface area (TPSA) is 246 Å². The van der Waals surface area contributed by atoms with Gasteiger partial charge in [-0.25, -0.2) is 4.79 Å². The molecule has 19 heteroatoms. The summed E-state index contributed by atoms with van der Waals surface area (Å²) in [5.74, 6) is -3.35. The smallest absolute Gasteiger partial charge is 0.394 e. The van der Waals surface area contributed by atoms with Gasteiger partial charge in [0.1, 0.15) is 11.2 Å². The van der Waals surface area contributed by atoms with Gasteiger partial charge < -0.3 is 39.0 Å². The Morgan fingerprint density at radius 2 is 1.71 bits per heavy atom. The van der Waals surface area contributed by atoms with Crippen LogP contribution < -0.4 is 9.64 Å². The lowest BCUT2D eigenvalue weighted by Gasteiger charge is -2.63. The number of nitrogens with one attached hydrogen (secondary N) is 1. The average molecular weight is 926 g/mol. The highest BCUT2D eigenvalue weighted by atomic mass is 32.3. The lowest BCUT2D eigenvalue weighted by atomic mass is 9.47. The first-order chi connectivity index (χ1) is 32.0. The van der Waals surface area contributed by atoms with Crippen molar-refractivity contribution in [3.63, 3.8) is 0 Å². The van der Waals surface area contributed by atoms with Crippen LogP contribution in [0.15, 0.2) is 48.6 Å². The highest BCUT2D eigenvalue weighted by Crippen LogP contribution is 2.68. The minimum atomic E-state index is -4.67. The number of esters is 3. The van der Waals surface area contributed by atoms with Crippen LogP contribution >= 0.6 is 0 Å². The van der Waals surface area contributed by atoms with Crippen molar-refractivity contribution < 1.29 is 70.0 Å². The van der Waals surface area contributed by atoms with Crippen molar-refractivity contribution in [2.45, 2.75) is 99.4 Å². The maximum absolute atomic E-state index is 15.4. The van der Waals surface area contributed by atoms with Crippen LogP contribution in [0.3, 0.4) is 0 Å². The number of carbonyl (C=O) groups excluding carboxylic acids is 4. The second-order valence-corrected chi connectivity index (χ2v) is 19.2. The van der Waals surface area contributed by atoms with Crippen LogP contribution in [0.5, 0.6) is 5.75 Å². The number of para-hydroxylation sites is 1. The minimum absolute atomic E-state index is 0.180. The molecule has 5 N–H and O–H groups in total. The normalized spacial score (nSPS) is 35.4. The molecule has 0 radical (unpaired) electrons. The van der Waals surface area contributed by atoms with Gasteiger partial charge in [0.15, 0.2) is 6.10 Å². The number of hydrogen-bond donors (Lipinski definition) is 5. The molecule has 2 bridgehead atoms. The van der Waals surface area contributed by atoms with Crippen LogP contribution in [0.4, 0.5) is 5.69 Å². The summed E-state index contributed by atoms with van der Waals surface area (Å²) in [5.41, 5.74) is -4.43. The second-order valence-electron chi connectivity index (χ2n) is 18.3. The van der Waals surface area contributed by atoms with E-state index in [1.54, 1.807) is 6.07 Å². The number of methoxy groups -OCH3 is 3. The summed E-state index contributed by atoms with van der Waals surface area (Å²) in [7, 11) is -0.760. The molecule has 1 spiro atoms. The zero-order valence-electron chi connectivity index (χ0n) is 39.9. The van der Waals surface area contributed by atoms with Gasteiger partial charge in [0, 0.05) is 82.2 Å². The van der Waals surface area contributed by atoms with Crippen LogP contribution in [0.25, 0.3) is 10.9 Å². The SMILES string of the molecule is O=S(=O)(O)O.[2H]C([2H])([2H])C(=O)O[C@H]1C(O)(C(=O)OC)[C@@H]2N(C=O)c3cc(OC)c([C@@]4(C(=O)OC)C[C@@H]5CN(CCc6c4[nH]c4ccccc64)C[C@](O)(CC)C5)cc3[C@]23CCN2CC=C[C@@]1(CC)[C@H]23. The number of anilines is 1. The molecule has 2 saturated heterocycles. The van der Waals surface area contributed by atoms with Crippen LogP contribution in [0.2, 0.25) is 0 Å². The molecule has 9 rings (SSSR count). The van der Waals surface area contributed by atoms with E-state index in [4.69, 9.17) is 40.6 Å². The van der Waals surface area contributed by atoms with Crippen molar-refractivity contribution in [3.05, 3.63) is 70.9 Å². The fourth-order valence-electron chi connectivity index (χ4n) is 13.3. The van der Waals surface area contributed by atoms with Gasteiger partial charge in [-0.2, -0.15) is 8.42 Å². The molecular weight excluding hydrogens is 865 g/mol. The van der Waals surface area contributed by atoms with Crippen LogP contribution in [0, 0.1) is 11.3 Å². The van der Waals surface area contributed by atoms with Gasteiger partial charge >= 0.3 is 28.3 Å². The Kier molecular flexibility index (Phi) is 10.8. The molecule has 5 aliphatic heterocycles. The maximum atomic E-state index is 15.4. The third-order valence-electron chi connectivity index (χ3n) is 15.4. The van der Waals surface area contributed by atoms with E-state index in [0.717, 1.165) is 23.6 Å². The molecule has 2 aromatic carbocycles. The van der Waals surface area contributed by atoms with E-state index >= 15 is 4.79 Å². The van der Waals surface area contributed by atoms with Crippen LogP contribution in [-0.2, 0) is 61.0 Å². The highest BCUT2D eigenvalue weighted by molar-refractivity contribution is 7.79. The number of piperidine rings is 1. The number of nitrogens with zero attached hydrogens (tertiary/aromatic N) is 3. The number of benzene rings is 2. The van der Waals surface area contributed by atoms with Crippen molar-refractivity contribution >= 4 is 51.3 Å². The Hall–Kier alpha value is -4.89. The number of rotatable bonds is 8. The third-order valence-corrected chi connectivity index (χ3v) is 15.4. The van der Waals surface area contributed by atoms with Crippen molar-refractivity contribution in [1.82, 2.24) is 14.8 Å². The van der Waals surface area contributed by atoms with Crippen molar-refractivity contribution in [2.75, 3.05) is 59.0 Å². The van der Waals surface area contributed by atoms with Crippen molar-refractivity contribution in [2.24, 2.45) is 11.3 Å². The molecule has 1 aliphatic carbocycles. The Morgan fingerprint density at radius 3 is 2.35 bits per heavy atom. The minimum Gasteiger partial charge on any atom is -0.496 e. The molecule has 1 aromatic heterocycles. The summed E-state index contributed by atoms with van der Waals surface area (Å²) >= 11 is 0. The van der Waals surface area contributed by atoms with E-state index in [1.807, 2.05) is 56.3 Å². The summed E-state index contributed by atoms with van der Waals surface area (Å²) in [6, 6.07) is 9.28. The number of ether oxygens (including phenoxy) is 4. The zero-order valence-corrected chi connectivity index (χ0v) is 37.7. The molecule has 1 saturated carbocycles. The van der Waals surface area contributed by atoms with Gasteiger partial charge in [0.2, 0.25) is 12.0 Å². The Balaban J connectivity index is 0.00000119. The van der Waals surface area contributed by atoms with E-state index in [9.17, 15) is 24.6 Å². The Morgan fingerprint density at radius 1 is 0.985 bits per heavy atom.